The van der Waals surface area contributed by atoms with E-state index in [2.05, 4.69) is 28.1 Å². The second-order valence-corrected chi connectivity index (χ2v) is 8.44. The Labute approximate surface area is 194 Å². The Morgan fingerprint density at radius 3 is 2.53 bits per heavy atom. The Morgan fingerprint density at radius 2 is 1.78 bits per heavy atom. The molecule has 4 rings (SSSR count). The first-order chi connectivity index (χ1) is 15.0. The topological polar surface area (TPSA) is 88.7 Å². The van der Waals surface area contributed by atoms with Gasteiger partial charge in [-0.1, -0.05) is 38.1 Å². The molecule has 0 saturated carbocycles. The van der Waals surface area contributed by atoms with Gasteiger partial charge in [-0.3, -0.25) is 9.59 Å². The second kappa shape index (κ2) is 10.7. The van der Waals surface area contributed by atoms with Gasteiger partial charge in [0.1, 0.15) is 19.3 Å². The van der Waals surface area contributed by atoms with E-state index < -0.39 is 6.04 Å². The number of rotatable bonds is 6. The molecule has 2 aliphatic rings. The molecule has 0 spiro atoms. The summed E-state index contributed by atoms with van der Waals surface area (Å²) < 4.78 is 11.1. The van der Waals surface area contributed by atoms with Crippen LogP contribution in [0.5, 0.6) is 11.5 Å². The van der Waals surface area contributed by atoms with E-state index in [4.69, 9.17) is 9.47 Å². The van der Waals surface area contributed by atoms with E-state index >= 15 is 0 Å². The van der Waals surface area contributed by atoms with E-state index in [1.54, 1.807) is 18.2 Å². The minimum atomic E-state index is -0.625. The van der Waals surface area contributed by atoms with E-state index in [1.165, 1.54) is 11.1 Å². The van der Waals surface area contributed by atoms with Crippen molar-refractivity contribution in [3.63, 3.8) is 0 Å². The third-order valence-corrected chi connectivity index (χ3v) is 5.55. The zero-order valence-electron chi connectivity index (χ0n) is 18.4. The largest absolute Gasteiger partial charge is 0.486 e. The molecule has 2 aromatic carbocycles. The molecule has 8 heteroatoms. The molecule has 2 heterocycles. The normalized spacial score (nSPS) is 17.5. The Hall–Kier alpha value is -2.77. The van der Waals surface area contributed by atoms with Crippen LogP contribution < -0.4 is 25.4 Å². The molecule has 2 amide bonds. The van der Waals surface area contributed by atoms with Gasteiger partial charge < -0.3 is 25.4 Å². The number of hydrogen-bond donors (Lipinski definition) is 3. The minimum absolute atomic E-state index is 0. The van der Waals surface area contributed by atoms with Crippen LogP contribution in [0.1, 0.15) is 31.4 Å². The summed E-state index contributed by atoms with van der Waals surface area (Å²) in [6.07, 6.45) is 1.16. The smallest absolute Gasteiger partial charge is 0.246 e. The third kappa shape index (κ3) is 5.72. The summed E-state index contributed by atoms with van der Waals surface area (Å²) in [6, 6.07) is 12.4. The van der Waals surface area contributed by atoms with Crippen LogP contribution in [0.4, 0.5) is 5.69 Å². The summed E-state index contributed by atoms with van der Waals surface area (Å²) in [6.45, 7) is 5.71. The van der Waals surface area contributed by atoms with Crippen molar-refractivity contribution in [1.29, 1.82) is 0 Å². The number of nitrogens with one attached hydrogen (secondary N) is 3. The van der Waals surface area contributed by atoms with Crippen molar-refractivity contribution in [3.05, 3.63) is 53.6 Å². The summed E-state index contributed by atoms with van der Waals surface area (Å²) in [5, 5.41) is 9.16. The molecule has 2 atom stereocenters. The number of ether oxygens (including phenoxy) is 2. The van der Waals surface area contributed by atoms with Gasteiger partial charge >= 0.3 is 0 Å². The second-order valence-electron chi connectivity index (χ2n) is 8.44. The first kappa shape index (κ1) is 23.9. The number of hydrogen-bond acceptors (Lipinski definition) is 5. The average molecular weight is 460 g/mol. The molecule has 3 N–H and O–H groups in total. The highest BCUT2D eigenvalue weighted by Gasteiger charge is 2.29. The number of halogens is 1. The molecule has 0 fully saturated rings. The molecule has 0 radical (unpaired) electrons. The highest BCUT2D eigenvalue weighted by molar-refractivity contribution is 5.98. The molecule has 172 valence electrons. The number of benzene rings is 2. The molecule has 2 aliphatic heterocycles. The molecule has 0 aliphatic carbocycles. The van der Waals surface area contributed by atoms with Gasteiger partial charge in [0.15, 0.2) is 11.5 Å². The lowest BCUT2D eigenvalue weighted by molar-refractivity contribution is -0.128. The van der Waals surface area contributed by atoms with E-state index in [0.717, 1.165) is 0 Å². The third-order valence-electron chi connectivity index (χ3n) is 5.55. The van der Waals surface area contributed by atoms with Crippen LogP contribution >= 0.6 is 12.4 Å². The lowest BCUT2D eigenvalue weighted by atomic mass is 9.95. The SMILES string of the molecule is CC(C)C[C@@H](NC(=O)[C@@H]1Cc2ccccc2CN1)C(=O)Nc1ccc2c(c1)OCCO2.Cl. The van der Waals surface area contributed by atoms with E-state index in [1.807, 2.05) is 26.0 Å². The monoisotopic (exact) mass is 459 g/mol. The van der Waals surface area contributed by atoms with E-state index in [9.17, 15) is 9.59 Å². The minimum Gasteiger partial charge on any atom is -0.486 e. The van der Waals surface area contributed by atoms with Crippen molar-refractivity contribution in [2.75, 3.05) is 18.5 Å². The summed E-state index contributed by atoms with van der Waals surface area (Å²) in [5.74, 6) is 1.13. The van der Waals surface area contributed by atoms with Gasteiger partial charge in [-0.2, -0.15) is 0 Å². The molecule has 0 bridgehead atoms. The summed E-state index contributed by atoms with van der Waals surface area (Å²) in [4.78, 5) is 26.0. The van der Waals surface area contributed by atoms with E-state index in [-0.39, 0.29) is 36.2 Å². The van der Waals surface area contributed by atoms with Gasteiger partial charge in [0.25, 0.3) is 0 Å². The zero-order chi connectivity index (χ0) is 21.8. The predicted molar refractivity (Wildman–Crippen MR) is 125 cm³/mol. The number of amides is 2. The summed E-state index contributed by atoms with van der Waals surface area (Å²) in [5.41, 5.74) is 2.99. The highest BCUT2D eigenvalue weighted by Crippen LogP contribution is 2.32. The fraction of sp³-hybridized carbons (Fsp3) is 0.417. The van der Waals surface area contributed by atoms with Crippen molar-refractivity contribution in [2.45, 2.75) is 45.3 Å². The summed E-state index contributed by atoms with van der Waals surface area (Å²) in [7, 11) is 0. The van der Waals surface area contributed by atoms with Crippen LogP contribution in [0.15, 0.2) is 42.5 Å². The number of fused-ring (bicyclic) bond motifs is 2. The van der Waals surface area contributed by atoms with Crippen LogP contribution in [-0.4, -0.2) is 37.1 Å². The van der Waals surface area contributed by atoms with E-state index in [0.29, 0.717) is 49.8 Å². The Bertz CT molecular complexity index is 966. The van der Waals surface area contributed by atoms with Crippen LogP contribution in [0.25, 0.3) is 0 Å². The molecule has 7 nitrogen and oxygen atoms in total. The average Bonchev–Trinajstić information content (AvgIpc) is 2.77. The molecule has 32 heavy (non-hydrogen) atoms. The number of carbonyl (C=O) groups excluding carboxylic acids is 2. The number of anilines is 1. The van der Waals surface area contributed by atoms with Crippen molar-refractivity contribution < 1.29 is 19.1 Å². The maximum absolute atomic E-state index is 13.0. The maximum atomic E-state index is 13.0. The molecule has 0 unspecified atom stereocenters. The molecule has 0 saturated heterocycles. The quantitative estimate of drug-likeness (QED) is 0.617. The number of carbonyl (C=O) groups is 2. The standard InChI is InChI=1S/C24H29N3O4.ClH/c1-15(2)11-20(24(29)26-18-7-8-21-22(13-18)31-10-9-30-21)27-23(28)19-12-16-5-3-4-6-17(16)14-25-19;/h3-8,13,15,19-20,25H,9-12,14H2,1-2H3,(H,26,29)(H,27,28);1H/t19-,20+;/m0./s1. The van der Waals surface area contributed by atoms with Gasteiger partial charge in [0.2, 0.25) is 11.8 Å². The van der Waals surface area contributed by atoms with Gasteiger partial charge in [0, 0.05) is 18.3 Å². The van der Waals surface area contributed by atoms with Gasteiger partial charge in [-0.05, 0) is 42.0 Å². The van der Waals surface area contributed by atoms with Crippen molar-refractivity contribution in [3.8, 4) is 11.5 Å². The first-order valence-electron chi connectivity index (χ1n) is 10.8. The molecular formula is C24H30ClN3O4. The zero-order valence-corrected chi connectivity index (χ0v) is 19.2. The van der Waals surface area contributed by atoms with Gasteiger partial charge in [-0.25, -0.2) is 0 Å². The molecule has 2 aromatic rings. The highest BCUT2D eigenvalue weighted by atomic mass is 35.5. The Morgan fingerprint density at radius 1 is 1.06 bits per heavy atom. The van der Waals surface area contributed by atoms with Crippen molar-refractivity contribution >= 4 is 29.9 Å². The van der Waals surface area contributed by atoms with Crippen LogP contribution in [0, 0.1) is 5.92 Å². The Kier molecular flexibility index (Phi) is 7.99. The van der Waals surface area contributed by atoms with Crippen LogP contribution in [0.2, 0.25) is 0 Å². The molecular weight excluding hydrogens is 430 g/mol. The van der Waals surface area contributed by atoms with Gasteiger partial charge in [-0.15, -0.1) is 12.4 Å². The lowest BCUT2D eigenvalue weighted by Crippen LogP contribution is -2.53. The van der Waals surface area contributed by atoms with Crippen LogP contribution in [-0.2, 0) is 22.6 Å². The fourth-order valence-electron chi connectivity index (χ4n) is 3.97. The van der Waals surface area contributed by atoms with Crippen LogP contribution in [0.3, 0.4) is 0 Å². The predicted octanol–water partition coefficient (Wildman–Crippen LogP) is 3.06. The maximum Gasteiger partial charge on any atom is 0.246 e. The van der Waals surface area contributed by atoms with Gasteiger partial charge in [0.05, 0.1) is 6.04 Å². The fourth-order valence-corrected chi connectivity index (χ4v) is 3.97. The lowest BCUT2D eigenvalue weighted by Gasteiger charge is -2.28. The first-order valence-corrected chi connectivity index (χ1v) is 10.8. The Balaban J connectivity index is 0.00000289. The van der Waals surface area contributed by atoms with Crippen molar-refractivity contribution in [1.82, 2.24) is 10.6 Å². The summed E-state index contributed by atoms with van der Waals surface area (Å²) >= 11 is 0. The van der Waals surface area contributed by atoms with Crippen molar-refractivity contribution in [2.24, 2.45) is 5.92 Å². The molecule has 0 aromatic heterocycles.